The number of fused-ring (bicyclic) bond motifs is 1. The molecule has 0 N–H and O–H groups in total. The Morgan fingerprint density at radius 3 is 3.12 bits per heavy atom. The summed E-state index contributed by atoms with van der Waals surface area (Å²) in [5.74, 6) is 0.412. The maximum absolute atomic E-state index is 10.2. The molecule has 0 amide bonds. The summed E-state index contributed by atoms with van der Waals surface area (Å²) >= 11 is 0. The molecule has 0 unspecified atom stereocenters. The Morgan fingerprint density at radius 2 is 2.62 bits per heavy atom. The van der Waals surface area contributed by atoms with Crippen LogP contribution < -0.4 is 4.74 Å². The smallest absolute Gasteiger partial charge is 0.387 e. The van der Waals surface area contributed by atoms with E-state index in [1.807, 2.05) is 0 Å². The summed E-state index contributed by atoms with van der Waals surface area (Å²) in [5.41, 5.74) is 0. The third-order valence-corrected chi connectivity index (χ3v) is 0.883. The summed E-state index contributed by atoms with van der Waals surface area (Å²) in [6, 6.07) is 0. The van der Waals surface area contributed by atoms with Gasteiger partial charge in [0.2, 0.25) is 0 Å². The van der Waals surface area contributed by atoms with Crippen LogP contribution in [0.5, 0.6) is 5.88 Å². The molecule has 0 atom stereocenters. The molecule has 0 bridgehead atoms. The second-order valence-electron chi connectivity index (χ2n) is 1.35. The van der Waals surface area contributed by atoms with Crippen LogP contribution in [0.25, 0.3) is 0 Å². The maximum Gasteiger partial charge on any atom is 0.446 e. The Morgan fingerprint density at radius 1 is 1.75 bits per heavy atom. The van der Waals surface area contributed by atoms with Gasteiger partial charge in [0.1, 0.15) is 6.20 Å². The van der Waals surface area contributed by atoms with Gasteiger partial charge in [-0.05, 0) is 0 Å². The molecule has 40 valence electrons. The lowest BCUT2D eigenvalue weighted by Crippen LogP contribution is -2.29. The van der Waals surface area contributed by atoms with Crippen molar-refractivity contribution in [3.05, 3.63) is 6.20 Å². The lowest BCUT2D eigenvalue weighted by Gasteiger charge is -2.10. The van der Waals surface area contributed by atoms with Gasteiger partial charge in [-0.1, -0.05) is 5.21 Å². The summed E-state index contributed by atoms with van der Waals surface area (Å²) in [5, 5.41) is 6.78. The first-order chi connectivity index (χ1) is 3.88. The van der Waals surface area contributed by atoms with Crippen molar-refractivity contribution >= 4 is 6.09 Å². The molecule has 0 saturated carbocycles. The second kappa shape index (κ2) is 0.885. The highest BCUT2D eigenvalue weighted by molar-refractivity contribution is 5.79. The van der Waals surface area contributed by atoms with Crippen LogP contribution in [-0.4, -0.2) is 21.1 Å². The monoisotopic (exact) mass is 111 g/mol. The molecule has 0 radical (unpaired) electrons. The van der Waals surface area contributed by atoms with Crippen molar-refractivity contribution in [1.82, 2.24) is 15.0 Å². The number of nitrogens with zero attached hydrogens (tertiary/aromatic N) is 3. The van der Waals surface area contributed by atoms with Crippen LogP contribution in [0.3, 0.4) is 0 Å². The highest BCUT2D eigenvalue weighted by atomic mass is 16.6. The first-order valence-corrected chi connectivity index (χ1v) is 2.01. The van der Waals surface area contributed by atoms with Gasteiger partial charge in [0.05, 0.1) is 0 Å². The van der Waals surface area contributed by atoms with E-state index in [4.69, 9.17) is 0 Å². The van der Waals surface area contributed by atoms with E-state index >= 15 is 0 Å². The predicted molar refractivity (Wildman–Crippen MR) is 21.4 cm³/mol. The standard InChI is InChI=1S/C3HN3O2/c7-3-6-2(8-3)1-4-5-6/h1H. The molecule has 1 aliphatic heterocycles. The fourth-order valence-electron chi connectivity index (χ4n) is 0.515. The van der Waals surface area contributed by atoms with E-state index in [-0.39, 0.29) is 0 Å². The van der Waals surface area contributed by atoms with Crippen LogP contribution in [0.1, 0.15) is 0 Å². The summed E-state index contributed by atoms with van der Waals surface area (Å²) in [4.78, 5) is 10.2. The molecule has 1 aliphatic rings. The topological polar surface area (TPSA) is 57.0 Å². The number of hydrogen-bond donors (Lipinski definition) is 0. The minimum absolute atomic E-state index is 0.412. The van der Waals surface area contributed by atoms with E-state index in [0.717, 1.165) is 4.68 Å². The SMILES string of the molecule is O=C1Oc2cnnn21. The van der Waals surface area contributed by atoms with E-state index in [2.05, 4.69) is 15.0 Å². The number of carbonyl (C=O) groups is 1. The summed E-state index contributed by atoms with van der Waals surface area (Å²) in [6.07, 6.45) is 0.916. The van der Waals surface area contributed by atoms with Crippen molar-refractivity contribution in [2.24, 2.45) is 0 Å². The van der Waals surface area contributed by atoms with Crippen LogP contribution in [0.4, 0.5) is 4.79 Å². The zero-order chi connectivity index (χ0) is 5.56. The van der Waals surface area contributed by atoms with E-state index in [1.165, 1.54) is 6.20 Å². The molecule has 2 heterocycles. The third kappa shape index (κ3) is 0.218. The molecular weight excluding hydrogens is 110 g/mol. The quantitative estimate of drug-likeness (QED) is 0.458. The van der Waals surface area contributed by atoms with Gasteiger partial charge in [0.25, 0.3) is 5.88 Å². The van der Waals surface area contributed by atoms with Gasteiger partial charge < -0.3 is 4.74 Å². The van der Waals surface area contributed by atoms with Gasteiger partial charge in [-0.3, -0.25) is 0 Å². The van der Waals surface area contributed by atoms with Crippen molar-refractivity contribution in [3.63, 3.8) is 0 Å². The third-order valence-electron chi connectivity index (χ3n) is 0.883. The van der Waals surface area contributed by atoms with Gasteiger partial charge in [-0.25, -0.2) is 4.79 Å². The molecule has 1 aromatic rings. The number of aromatic nitrogens is 3. The van der Waals surface area contributed by atoms with Gasteiger partial charge in [-0.15, -0.1) is 9.78 Å². The molecule has 1 aromatic heterocycles. The highest BCUT2D eigenvalue weighted by Crippen LogP contribution is 2.16. The molecule has 0 saturated heterocycles. The summed E-state index contributed by atoms with van der Waals surface area (Å²) < 4.78 is 5.51. The van der Waals surface area contributed by atoms with Gasteiger partial charge in [0.15, 0.2) is 0 Å². The Bertz CT molecular complexity index is 240. The van der Waals surface area contributed by atoms with E-state index in [9.17, 15) is 4.79 Å². The Balaban J connectivity index is 2.68. The summed E-state index contributed by atoms with van der Waals surface area (Å²) in [6.45, 7) is 0. The van der Waals surface area contributed by atoms with Gasteiger partial charge in [-0.2, -0.15) is 0 Å². The van der Waals surface area contributed by atoms with Crippen LogP contribution in [0.15, 0.2) is 6.20 Å². The zero-order valence-electron chi connectivity index (χ0n) is 3.74. The van der Waals surface area contributed by atoms with Crippen LogP contribution >= 0.6 is 0 Å². The van der Waals surface area contributed by atoms with E-state index in [0.29, 0.717) is 5.88 Å². The number of carbonyl (C=O) groups excluding carboxylic acids is 1. The minimum Gasteiger partial charge on any atom is -0.387 e. The number of rotatable bonds is 0. The maximum atomic E-state index is 10.2. The normalized spacial score (nSPS) is 14.2. The van der Waals surface area contributed by atoms with E-state index < -0.39 is 6.09 Å². The Hall–Kier alpha value is -1.39. The first kappa shape index (κ1) is 3.59. The minimum atomic E-state index is -0.461. The highest BCUT2D eigenvalue weighted by Gasteiger charge is 2.26. The average molecular weight is 111 g/mol. The molecule has 0 aromatic carbocycles. The lowest BCUT2D eigenvalue weighted by molar-refractivity contribution is 0.167. The molecule has 8 heavy (non-hydrogen) atoms. The molecule has 0 fully saturated rings. The van der Waals surface area contributed by atoms with Crippen molar-refractivity contribution in [2.45, 2.75) is 0 Å². The first-order valence-electron chi connectivity index (χ1n) is 2.01. The van der Waals surface area contributed by atoms with E-state index in [1.54, 1.807) is 0 Å². The summed E-state index contributed by atoms with van der Waals surface area (Å²) in [7, 11) is 0. The number of hydrogen-bond acceptors (Lipinski definition) is 4. The van der Waals surface area contributed by atoms with Crippen molar-refractivity contribution < 1.29 is 9.53 Å². The van der Waals surface area contributed by atoms with Crippen molar-refractivity contribution in [2.75, 3.05) is 0 Å². The molecule has 0 spiro atoms. The van der Waals surface area contributed by atoms with Gasteiger partial charge >= 0.3 is 6.09 Å². The number of ether oxygens (including phenoxy) is 1. The van der Waals surface area contributed by atoms with Crippen LogP contribution in [0.2, 0.25) is 0 Å². The molecule has 0 aliphatic carbocycles. The lowest BCUT2D eigenvalue weighted by atomic mass is 10.7. The van der Waals surface area contributed by atoms with Crippen molar-refractivity contribution in [3.8, 4) is 5.88 Å². The fourth-order valence-corrected chi connectivity index (χ4v) is 0.515. The van der Waals surface area contributed by atoms with Gasteiger partial charge in [0, 0.05) is 0 Å². The molecular formula is C3HN3O2. The Labute approximate surface area is 43.9 Å². The zero-order valence-corrected chi connectivity index (χ0v) is 3.74. The van der Waals surface area contributed by atoms with Crippen LogP contribution in [-0.2, 0) is 0 Å². The largest absolute Gasteiger partial charge is 0.446 e. The fraction of sp³-hybridized carbons (Fsp3) is 0. The molecule has 5 nitrogen and oxygen atoms in total. The average Bonchev–Trinajstić information content (AvgIpc) is 2.09. The molecule has 5 heteroatoms. The molecule has 2 rings (SSSR count). The predicted octanol–water partition coefficient (Wildman–Crippen LogP) is -0.361. The second-order valence-corrected chi connectivity index (χ2v) is 1.35. The van der Waals surface area contributed by atoms with Crippen molar-refractivity contribution in [1.29, 1.82) is 0 Å². The Kier molecular flexibility index (Phi) is 0.397. The van der Waals surface area contributed by atoms with Crippen LogP contribution in [0, 0.1) is 0 Å².